The van der Waals surface area contributed by atoms with Crippen LogP contribution in [0.3, 0.4) is 0 Å². The fraction of sp³-hybridized carbons (Fsp3) is 0.375. The number of unbranched alkanes of at least 4 members (excludes halogenated alkanes) is 1. The third-order valence-corrected chi connectivity index (χ3v) is 3.17. The normalized spacial score (nSPS) is 10.7. The number of rotatable bonds is 6. The first-order chi connectivity index (χ1) is 9.69. The van der Waals surface area contributed by atoms with E-state index in [1.807, 2.05) is 12.1 Å². The lowest BCUT2D eigenvalue weighted by atomic mass is 10.1. The van der Waals surface area contributed by atoms with E-state index in [2.05, 4.69) is 17.2 Å². The maximum Gasteiger partial charge on any atom is 0.220 e. The highest BCUT2D eigenvalue weighted by Crippen LogP contribution is 2.14. The van der Waals surface area contributed by atoms with Crippen LogP contribution in [0, 0.1) is 5.82 Å². The number of pyridine rings is 1. The Bertz CT molecular complexity index is 598. The van der Waals surface area contributed by atoms with Crippen molar-refractivity contribution in [3.8, 4) is 0 Å². The monoisotopic (exact) mass is 274 g/mol. The molecule has 0 radical (unpaired) electrons. The van der Waals surface area contributed by atoms with Crippen LogP contribution in [0.15, 0.2) is 30.3 Å². The van der Waals surface area contributed by atoms with Gasteiger partial charge in [0.15, 0.2) is 0 Å². The summed E-state index contributed by atoms with van der Waals surface area (Å²) in [5.41, 5.74) is 1.62. The van der Waals surface area contributed by atoms with Gasteiger partial charge in [0.05, 0.1) is 5.52 Å². The number of carbonyl (C=O) groups is 1. The highest BCUT2D eigenvalue weighted by atomic mass is 19.1. The van der Waals surface area contributed by atoms with Crippen LogP contribution in [0.5, 0.6) is 0 Å². The van der Waals surface area contributed by atoms with Gasteiger partial charge >= 0.3 is 0 Å². The van der Waals surface area contributed by atoms with Crippen LogP contribution in [0.2, 0.25) is 0 Å². The number of amides is 1. The van der Waals surface area contributed by atoms with Gasteiger partial charge in [0, 0.05) is 24.0 Å². The molecule has 0 saturated carbocycles. The molecule has 1 aromatic carbocycles. The molecule has 0 aliphatic heterocycles. The Morgan fingerprint density at radius 2 is 2.15 bits per heavy atom. The summed E-state index contributed by atoms with van der Waals surface area (Å²) in [7, 11) is 0. The van der Waals surface area contributed by atoms with Crippen molar-refractivity contribution in [1.29, 1.82) is 0 Å². The molecule has 0 atom stereocenters. The maximum atomic E-state index is 13.1. The van der Waals surface area contributed by atoms with E-state index in [1.165, 1.54) is 12.1 Å². The smallest absolute Gasteiger partial charge is 0.220 e. The third kappa shape index (κ3) is 4.02. The van der Waals surface area contributed by atoms with Gasteiger partial charge in [-0.3, -0.25) is 9.78 Å². The van der Waals surface area contributed by atoms with E-state index in [1.54, 1.807) is 6.07 Å². The lowest BCUT2D eigenvalue weighted by molar-refractivity contribution is -0.121. The summed E-state index contributed by atoms with van der Waals surface area (Å²) in [6.07, 6.45) is 3.11. The molecule has 4 heteroatoms. The van der Waals surface area contributed by atoms with E-state index in [-0.39, 0.29) is 11.7 Å². The van der Waals surface area contributed by atoms with E-state index in [4.69, 9.17) is 0 Å². The highest BCUT2D eigenvalue weighted by molar-refractivity contribution is 5.79. The van der Waals surface area contributed by atoms with Crippen molar-refractivity contribution in [3.63, 3.8) is 0 Å². The van der Waals surface area contributed by atoms with Crippen molar-refractivity contribution >= 4 is 16.8 Å². The zero-order valence-electron chi connectivity index (χ0n) is 11.7. The van der Waals surface area contributed by atoms with E-state index < -0.39 is 0 Å². The van der Waals surface area contributed by atoms with E-state index >= 15 is 0 Å². The van der Waals surface area contributed by atoms with Gasteiger partial charge in [0.2, 0.25) is 5.91 Å². The number of aromatic nitrogens is 1. The van der Waals surface area contributed by atoms with Crippen LogP contribution < -0.4 is 5.32 Å². The predicted octanol–water partition coefficient (Wildman–Crippen LogP) is 3.22. The molecule has 0 spiro atoms. The Kier molecular flexibility index (Phi) is 5.04. The quantitative estimate of drug-likeness (QED) is 0.822. The number of carbonyl (C=O) groups excluding carboxylic acids is 1. The van der Waals surface area contributed by atoms with Crippen molar-refractivity contribution in [2.24, 2.45) is 0 Å². The van der Waals surface area contributed by atoms with Crippen LogP contribution in [-0.2, 0) is 11.2 Å². The third-order valence-electron chi connectivity index (χ3n) is 3.17. The molecule has 0 unspecified atom stereocenters. The second-order valence-corrected chi connectivity index (χ2v) is 4.84. The van der Waals surface area contributed by atoms with E-state index in [0.717, 1.165) is 36.0 Å². The van der Waals surface area contributed by atoms with Crippen LogP contribution in [-0.4, -0.2) is 17.4 Å². The summed E-state index contributed by atoms with van der Waals surface area (Å²) in [5.74, 6) is -0.207. The molecule has 0 saturated heterocycles. The number of benzene rings is 1. The molecule has 2 rings (SSSR count). The zero-order chi connectivity index (χ0) is 14.4. The molecule has 0 aliphatic carbocycles. The minimum Gasteiger partial charge on any atom is -0.356 e. The zero-order valence-corrected chi connectivity index (χ0v) is 11.7. The summed E-state index contributed by atoms with van der Waals surface area (Å²) in [4.78, 5) is 16.0. The fourth-order valence-corrected chi connectivity index (χ4v) is 2.01. The van der Waals surface area contributed by atoms with Crippen LogP contribution in [0.1, 0.15) is 31.9 Å². The standard InChI is InChI=1S/C16H19FN2O/c1-2-3-10-18-16(20)9-7-14-6-4-12-11-13(17)5-8-15(12)19-14/h4-6,8,11H,2-3,7,9-10H2,1H3,(H,18,20). The average molecular weight is 274 g/mol. The molecule has 2 aromatic rings. The lowest BCUT2D eigenvalue weighted by Crippen LogP contribution is -2.24. The Hall–Kier alpha value is -1.97. The molecule has 0 aliphatic rings. The number of halogens is 1. The van der Waals surface area contributed by atoms with Gasteiger partial charge in [-0.2, -0.15) is 0 Å². The number of hydrogen-bond donors (Lipinski definition) is 1. The molecule has 0 fully saturated rings. The minimum absolute atomic E-state index is 0.0550. The summed E-state index contributed by atoms with van der Waals surface area (Å²) in [6.45, 7) is 2.83. The number of hydrogen-bond acceptors (Lipinski definition) is 2. The first-order valence-electron chi connectivity index (χ1n) is 7.01. The van der Waals surface area contributed by atoms with Gasteiger partial charge in [-0.25, -0.2) is 4.39 Å². The first kappa shape index (κ1) is 14.4. The summed E-state index contributed by atoms with van der Waals surface area (Å²) < 4.78 is 13.1. The largest absolute Gasteiger partial charge is 0.356 e. The Labute approximate surface area is 118 Å². The molecule has 0 bridgehead atoms. The number of aryl methyl sites for hydroxylation is 1. The highest BCUT2D eigenvalue weighted by Gasteiger charge is 2.04. The molecular weight excluding hydrogens is 255 g/mol. The second kappa shape index (κ2) is 6.98. The van der Waals surface area contributed by atoms with Crippen LogP contribution >= 0.6 is 0 Å². The van der Waals surface area contributed by atoms with Gasteiger partial charge in [0.1, 0.15) is 5.82 Å². The summed E-state index contributed by atoms with van der Waals surface area (Å²) >= 11 is 0. The maximum absolute atomic E-state index is 13.1. The molecule has 1 aromatic heterocycles. The predicted molar refractivity (Wildman–Crippen MR) is 77.9 cm³/mol. The molecule has 20 heavy (non-hydrogen) atoms. The van der Waals surface area contributed by atoms with Gasteiger partial charge in [0.25, 0.3) is 0 Å². The molecule has 1 amide bonds. The summed E-state index contributed by atoms with van der Waals surface area (Å²) in [5, 5.41) is 3.66. The van der Waals surface area contributed by atoms with E-state index in [0.29, 0.717) is 12.8 Å². The van der Waals surface area contributed by atoms with Gasteiger partial charge in [-0.05, 0) is 37.1 Å². The van der Waals surface area contributed by atoms with Crippen molar-refractivity contribution in [3.05, 3.63) is 41.8 Å². The Morgan fingerprint density at radius 3 is 2.95 bits per heavy atom. The summed E-state index contributed by atoms with van der Waals surface area (Å²) in [6, 6.07) is 8.21. The number of nitrogens with one attached hydrogen (secondary N) is 1. The molecule has 106 valence electrons. The van der Waals surface area contributed by atoms with Crippen LogP contribution in [0.4, 0.5) is 4.39 Å². The van der Waals surface area contributed by atoms with E-state index in [9.17, 15) is 9.18 Å². The number of fused-ring (bicyclic) bond motifs is 1. The molecule has 1 heterocycles. The Morgan fingerprint density at radius 1 is 1.30 bits per heavy atom. The van der Waals surface area contributed by atoms with Gasteiger partial charge < -0.3 is 5.32 Å². The second-order valence-electron chi connectivity index (χ2n) is 4.84. The van der Waals surface area contributed by atoms with Gasteiger partial charge in [-0.1, -0.05) is 19.4 Å². The molecule has 1 N–H and O–H groups in total. The fourth-order valence-electron chi connectivity index (χ4n) is 2.01. The van der Waals surface area contributed by atoms with Crippen molar-refractivity contribution in [2.45, 2.75) is 32.6 Å². The SMILES string of the molecule is CCCCNC(=O)CCc1ccc2cc(F)ccc2n1. The van der Waals surface area contributed by atoms with Gasteiger partial charge in [-0.15, -0.1) is 0 Å². The Balaban J connectivity index is 1.93. The molecular formula is C16H19FN2O. The average Bonchev–Trinajstić information content (AvgIpc) is 2.45. The van der Waals surface area contributed by atoms with Crippen molar-refractivity contribution < 1.29 is 9.18 Å². The van der Waals surface area contributed by atoms with Crippen molar-refractivity contribution in [1.82, 2.24) is 10.3 Å². The topological polar surface area (TPSA) is 42.0 Å². The van der Waals surface area contributed by atoms with Crippen molar-refractivity contribution in [2.75, 3.05) is 6.54 Å². The first-order valence-corrected chi connectivity index (χ1v) is 7.01. The minimum atomic E-state index is -0.262. The lowest BCUT2D eigenvalue weighted by Gasteiger charge is -2.05. The number of nitrogens with zero attached hydrogens (tertiary/aromatic N) is 1. The molecule has 3 nitrogen and oxygen atoms in total. The van der Waals surface area contributed by atoms with Crippen LogP contribution in [0.25, 0.3) is 10.9 Å².